The van der Waals surface area contributed by atoms with E-state index in [0.717, 1.165) is 28.1 Å². The number of nitrogens with zero attached hydrogens (tertiary/aromatic N) is 2. The molecule has 2 nitrogen and oxygen atoms in total. The topological polar surface area (TPSA) is 17.8 Å². The molecule has 256 valence electrons. The summed E-state index contributed by atoms with van der Waals surface area (Å²) in [5.41, 5.74) is 11.6. The number of hydrogen-bond acceptors (Lipinski definition) is 1. The predicted octanol–water partition coefficient (Wildman–Crippen LogP) is 14.3. The average molecular weight is 699 g/mol. The molecule has 0 atom stereocenters. The van der Waals surface area contributed by atoms with Gasteiger partial charge in [-0.25, -0.2) is 4.98 Å². The molecule has 1 aromatic heterocycles. The van der Waals surface area contributed by atoms with Gasteiger partial charge in [0.05, 0.1) is 11.0 Å². The molecule has 2 heteroatoms. The van der Waals surface area contributed by atoms with Crippen molar-refractivity contribution in [3.05, 3.63) is 206 Å². The van der Waals surface area contributed by atoms with E-state index >= 15 is 0 Å². The third kappa shape index (κ3) is 5.15. The Bertz CT molecular complexity index is 3190. The molecule has 0 saturated carbocycles. The lowest BCUT2D eigenvalue weighted by Gasteiger charge is -2.19. The van der Waals surface area contributed by atoms with Crippen LogP contribution in [0.1, 0.15) is 0 Å². The highest BCUT2D eigenvalue weighted by Crippen LogP contribution is 2.46. The molecule has 0 radical (unpaired) electrons. The molecule has 0 aliphatic carbocycles. The lowest BCUT2D eigenvalue weighted by Crippen LogP contribution is -1.97. The summed E-state index contributed by atoms with van der Waals surface area (Å²) in [6.45, 7) is 0. The van der Waals surface area contributed by atoms with Gasteiger partial charge in [0.2, 0.25) is 0 Å². The molecule has 11 rings (SSSR count). The van der Waals surface area contributed by atoms with E-state index in [4.69, 9.17) is 4.98 Å². The molecule has 0 saturated heterocycles. The predicted molar refractivity (Wildman–Crippen MR) is 233 cm³/mol. The lowest BCUT2D eigenvalue weighted by atomic mass is 9.84. The second-order valence-corrected chi connectivity index (χ2v) is 14.3. The maximum Gasteiger partial charge on any atom is 0.145 e. The summed E-state index contributed by atoms with van der Waals surface area (Å²) in [4.78, 5) is 5.13. The first-order valence-corrected chi connectivity index (χ1v) is 18.9. The molecule has 1 heterocycles. The first kappa shape index (κ1) is 31.3. The van der Waals surface area contributed by atoms with Gasteiger partial charge < -0.3 is 0 Å². The largest absolute Gasteiger partial charge is 0.292 e. The van der Waals surface area contributed by atoms with Crippen molar-refractivity contribution < 1.29 is 0 Å². The zero-order valence-corrected chi connectivity index (χ0v) is 30.0. The smallest absolute Gasteiger partial charge is 0.145 e. The molecular formula is C53H34N2. The van der Waals surface area contributed by atoms with Crippen molar-refractivity contribution >= 4 is 54.1 Å². The van der Waals surface area contributed by atoms with Crippen molar-refractivity contribution in [2.45, 2.75) is 0 Å². The van der Waals surface area contributed by atoms with Crippen LogP contribution in [0, 0.1) is 0 Å². The number of imidazole rings is 1. The van der Waals surface area contributed by atoms with Gasteiger partial charge in [-0.05, 0) is 119 Å². The number of aromatic nitrogens is 2. The van der Waals surface area contributed by atoms with Crippen LogP contribution in [-0.4, -0.2) is 9.55 Å². The van der Waals surface area contributed by atoms with Crippen molar-refractivity contribution in [3.63, 3.8) is 0 Å². The zero-order chi connectivity index (χ0) is 36.3. The normalized spacial score (nSPS) is 11.6. The molecule has 10 aromatic carbocycles. The van der Waals surface area contributed by atoms with Crippen LogP contribution in [0.3, 0.4) is 0 Å². The van der Waals surface area contributed by atoms with Gasteiger partial charge in [0.1, 0.15) is 5.82 Å². The van der Waals surface area contributed by atoms with Crippen molar-refractivity contribution in [2.24, 2.45) is 0 Å². The molecule has 0 spiro atoms. The number of rotatable bonds is 5. The second-order valence-electron chi connectivity index (χ2n) is 14.3. The Kier molecular flexibility index (Phi) is 7.21. The van der Waals surface area contributed by atoms with E-state index in [-0.39, 0.29) is 0 Å². The van der Waals surface area contributed by atoms with Crippen LogP contribution >= 0.6 is 0 Å². The van der Waals surface area contributed by atoms with Gasteiger partial charge in [-0.1, -0.05) is 164 Å². The number of benzene rings is 10. The van der Waals surface area contributed by atoms with E-state index in [1.165, 1.54) is 76.5 Å². The molecule has 0 N–H and O–H groups in total. The minimum Gasteiger partial charge on any atom is -0.292 e. The van der Waals surface area contributed by atoms with Crippen molar-refractivity contribution in [2.75, 3.05) is 0 Å². The van der Waals surface area contributed by atoms with Gasteiger partial charge in [0, 0.05) is 11.3 Å². The molecular weight excluding hydrogens is 665 g/mol. The molecule has 0 unspecified atom stereocenters. The summed E-state index contributed by atoms with van der Waals surface area (Å²) in [5, 5.41) is 9.97. The van der Waals surface area contributed by atoms with E-state index < -0.39 is 0 Å². The highest BCUT2D eigenvalue weighted by molar-refractivity contribution is 6.22. The summed E-state index contributed by atoms with van der Waals surface area (Å²) in [5.74, 6) is 0.932. The molecule has 0 aliphatic rings. The minimum atomic E-state index is 0.932. The average Bonchev–Trinajstić information content (AvgIpc) is 3.65. The second kappa shape index (κ2) is 12.7. The molecule has 55 heavy (non-hydrogen) atoms. The van der Waals surface area contributed by atoms with E-state index in [1.54, 1.807) is 0 Å². The van der Waals surface area contributed by atoms with E-state index in [0.29, 0.717) is 0 Å². The van der Waals surface area contributed by atoms with Crippen LogP contribution in [0.2, 0.25) is 0 Å². The fraction of sp³-hybridized carbons (Fsp3) is 0. The van der Waals surface area contributed by atoms with Gasteiger partial charge in [0.15, 0.2) is 0 Å². The minimum absolute atomic E-state index is 0.932. The standard InChI is InChI=1S/C53H34N2/c1-2-17-42(18-3-1)55-50-25-13-12-24-49(50)54-53(55)37-29-27-36(28-30-37)48-34-41(33-39-16-6-7-19-43(39)48)52-46-22-10-8-20-44(46)51(45-21-9-11-23-47(45)52)40-31-26-35-14-4-5-15-38(35)32-40/h1-34H. The highest BCUT2D eigenvalue weighted by Gasteiger charge is 2.19. The third-order valence-corrected chi connectivity index (χ3v) is 11.1. The molecule has 11 aromatic rings. The number of para-hydroxylation sites is 3. The Morgan fingerprint density at radius 3 is 1.55 bits per heavy atom. The molecule has 0 aliphatic heterocycles. The Labute approximate surface area is 319 Å². The Balaban J connectivity index is 1.11. The third-order valence-electron chi connectivity index (χ3n) is 11.1. The monoisotopic (exact) mass is 698 g/mol. The number of hydrogen-bond donors (Lipinski definition) is 0. The molecule has 0 fully saturated rings. The number of fused-ring (bicyclic) bond motifs is 5. The maximum absolute atomic E-state index is 5.13. The van der Waals surface area contributed by atoms with Crippen LogP contribution in [-0.2, 0) is 0 Å². The summed E-state index contributed by atoms with van der Waals surface area (Å²) < 4.78 is 2.26. The van der Waals surface area contributed by atoms with Crippen LogP contribution < -0.4 is 0 Å². The first-order valence-electron chi connectivity index (χ1n) is 18.9. The molecule has 0 bridgehead atoms. The fourth-order valence-corrected chi connectivity index (χ4v) is 8.65. The van der Waals surface area contributed by atoms with Crippen LogP contribution in [0.15, 0.2) is 206 Å². The van der Waals surface area contributed by atoms with Crippen molar-refractivity contribution in [3.8, 4) is 50.5 Å². The van der Waals surface area contributed by atoms with Gasteiger partial charge in [-0.3, -0.25) is 4.57 Å². The van der Waals surface area contributed by atoms with Gasteiger partial charge in [0.25, 0.3) is 0 Å². The van der Waals surface area contributed by atoms with Gasteiger partial charge in [-0.2, -0.15) is 0 Å². The first-order chi connectivity index (χ1) is 27.3. The molecule has 0 amide bonds. The Morgan fingerprint density at radius 1 is 0.327 bits per heavy atom. The Morgan fingerprint density at radius 2 is 0.836 bits per heavy atom. The van der Waals surface area contributed by atoms with E-state index in [9.17, 15) is 0 Å². The quantitative estimate of drug-likeness (QED) is 0.164. The van der Waals surface area contributed by atoms with E-state index in [1.807, 2.05) is 0 Å². The van der Waals surface area contributed by atoms with Gasteiger partial charge >= 0.3 is 0 Å². The van der Waals surface area contributed by atoms with Crippen LogP contribution in [0.5, 0.6) is 0 Å². The summed E-state index contributed by atoms with van der Waals surface area (Å²) in [6.07, 6.45) is 0. The fourth-order valence-electron chi connectivity index (χ4n) is 8.65. The van der Waals surface area contributed by atoms with Crippen LogP contribution in [0.25, 0.3) is 105 Å². The Hall–Kier alpha value is -7.29. The summed E-state index contributed by atoms with van der Waals surface area (Å²) in [6, 6.07) is 74.8. The SMILES string of the molecule is c1ccc(-n2c(-c3ccc(-c4cc(-c5c6ccccc6c(-c6ccc7ccccc7c6)c6ccccc56)cc5ccccc45)cc3)nc3ccccc32)cc1. The highest BCUT2D eigenvalue weighted by atomic mass is 15.1. The maximum atomic E-state index is 5.13. The summed E-state index contributed by atoms with van der Waals surface area (Å²) in [7, 11) is 0. The van der Waals surface area contributed by atoms with Crippen LogP contribution in [0.4, 0.5) is 0 Å². The van der Waals surface area contributed by atoms with Gasteiger partial charge in [-0.15, -0.1) is 0 Å². The van der Waals surface area contributed by atoms with E-state index in [2.05, 4.69) is 211 Å². The lowest BCUT2D eigenvalue weighted by molar-refractivity contribution is 1.10. The zero-order valence-electron chi connectivity index (χ0n) is 30.0. The van der Waals surface area contributed by atoms with Crippen molar-refractivity contribution in [1.82, 2.24) is 9.55 Å². The van der Waals surface area contributed by atoms with Crippen molar-refractivity contribution in [1.29, 1.82) is 0 Å². The summed E-state index contributed by atoms with van der Waals surface area (Å²) >= 11 is 0.